The fourth-order valence-electron chi connectivity index (χ4n) is 4.43. The Bertz CT molecular complexity index is 1200. The highest BCUT2D eigenvalue weighted by Gasteiger charge is 2.32. The van der Waals surface area contributed by atoms with E-state index in [0.717, 1.165) is 30.5 Å². The maximum Gasteiger partial charge on any atom is 0.258 e. The van der Waals surface area contributed by atoms with E-state index in [2.05, 4.69) is 5.32 Å². The molecule has 0 spiro atoms. The predicted octanol–water partition coefficient (Wildman–Crippen LogP) is 3.98. The number of nitrogens with zero attached hydrogens (tertiary/aromatic N) is 1. The molecule has 35 heavy (non-hydrogen) atoms. The molecule has 0 heterocycles. The van der Waals surface area contributed by atoms with Gasteiger partial charge in [0.05, 0.1) is 10.6 Å². The minimum atomic E-state index is -3.25. The summed E-state index contributed by atoms with van der Waals surface area (Å²) in [5, 5.41) is 14.1. The maximum atomic E-state index is 13.4. The number of carbonyl (C=O) groups is 1. The van der Waals surface area contributed by atoms with Gasteiger partial charge in [-0.15, -0.1) is 0 Å². The van der Waals surface area contributed by atoms with Crippen molar-refractivity contribution in [3.05, 3.63) is 90.4 Å². The summed E-state index contributed by atoms with van der Waals surface area (Å²) in [6.45, 7) is 3.30. The van der Waals surface area contributed by atoms with Crippen molar-refractivity contribution in [2.75, 3.05) is 10.7 Å². The van der Waals surface area contributed by atoms with Gasteiger partial charge < -0.3 is 10.0 Å². The van der Waals surface area contributed by atoms with Crippen LogP contribution < -0.4 is 10.2 Å². The van der Waals surface area contributed by atoms with Crippen LogP contribution in [0.2, 0.25) is 0 Å². The number of hydrogen-bond donors (Lipinski definition) is 2. The van der Waals surface area contributed by atoms with E-state index >= 15 is 0 Å². The maximum absolute atomic E-state index is 13.4. The molecule has 1 fully saturated rings. The molecule has 2 aromatic rings. The summed E-state index contributed by atoms with van der Waals surface area (Å²) in [6, 6.07) is 16.4. The van der Waals surface area contributed by atoms with Crippen LogP contribution in [0.1, 0.15) is 38.7 Å². The first-order chi connectivity index (χ1) is 16.7. The highest BCUT2D eigenvalue weighted by molar-refractivity contribution is 7.91. The molecule has 1 radical (unpaired) electrons. The van der Waals surface area contributed by atoms with E-state index in [4.69, 9.17) is 0 Å². The van der Waals surface area contributed by atoms with Crippen LogP contribution >= 0.6 is 0 Å². The minimum absolute atomic E-state index is 0.0132. The summed E-state index contributed by atoms with van der Waals surface area (Å²) in [5.41, 5.74) is 1.12. The van der Waals surface area contributed by atoms with Gasteiger partial charge in [0.15, 0.2) is 9.84 Å². The number of hydrogen-bond acceptors (Lipinski definition) is 5. The Balaban J connectivity index is 1.38. The summed E-state index contributed by atoms with van der Waals surface area (Å²) >= 11 is 0. The third-order valence-electron chi connectivity index (χ3n) is 6.59. The Hall–Kier alpha value is -2.74. The van der Waals surface area contributed by atoms with Gasteiger partial charge in [-0.3, -0.25) is 10.1 Å². The SMILES string of the molecule is CCS(=O)(=O)c1ccc(CC(C)(O)NC2[CH]C=C(C(=O)N(c3ccccc3)C3CCC3)C=C2)cc1. The van der Waals surface area contributed by atoms with E-state index < -0.39 is 15.6 Å². The standard InChI is InChI=1S/C28H33N2O4S/c1-3-35(33,34)26-18-12-21(13-19-26)20-28(2,32)29-23-16-14-22(15-17-23)27(31)30(25-10-7-11-25)24-8-5-4-6-9-24/h4-6,8-9,12-19,23,25,29,32H,3,7,10-11,20H2,1-2H3. The molecule has 185 valence electrons. The first-order valence-corrected chi connectivity index (χ1v) is 13.8. The Morgan fingerprint density at radius 3 is 2.34 bits per heavy atom. The van der Waals surface area contributed by atoms with Crippen molar-refractivity contribution in [3.63, 3.8) is 0 Å². The molecule has 1 saturated carbocycles. The molecule has 6 nitrogen and oxygen atoms in total. The van der Waals surface area contributed by atoms with Crippen LogP contribution in [0.5, 0.6) is 0 Å². The van der Waals surface area contributed by atoms with Crippen LogP contribution in [-0.4, -0.2) is 43.0 Å². The Morgan fingerprint density at radius 2 is 1.80 bits per heavy atom. The second-order valence-electron chi connectivity index (χ2n) is 9.44. The summed E-state index contributed by atoms with van der Waals surface area (Å²) in [4.78, 5) is 15.5. The molecule has 0 saturated heterocycles. The van der Waals surface area contributed by atoms with Crippen molar-refractivity contribution in [2.24, 2.45) is 0 Å². The van der Waals surface area contributed by atoms with E-state index in [1.165, 1.54) is 0 Å². The fourth-order valence-corrected chi connectivity index (χ4v) is 5.31. The van der Waals surface area contributed by atoms with Gasteiger partial charge in [0.1, 0.15) is 5.72 Å². The van der Waals surface area contributed by atoms with Gasteiger partial charge in [0, 0.05) is 36.2 Å². The van der Waals surface area contributed by atoms with Crippen LogP contribution in [0.3, 0.4) is 0 Å². The van der Waals surface area contributed by atoms with Gasteiger partial charge in [-0.2, -0.15) is 0 Å². The average Bonchev–Trinajstić information content (AvgIpc) is 2.81. The molecule has 2 N–H and O–H groups in total. The largest absolute Gasteiger partial charge is 0.376 e. The molecule has 7 heteroatoms. The Labute approximate surface area is 208 Å². The minimum Gasteiger partial charge on any atom is -0.376 e. The van der Waals surface area contributed by atoms with E-state index in [1.54, 1.807) is 38.1 Å². The monoisotopic (exact) mass is 493 g/mol. The fraction of sp³-hybridized carbons (Fsp3) is 0.357. The van der Waals surface area contributed by atoms with Crippen molar-refractivity contribution >= 4 is 21.4 Å². The lowest BCUT2D eigenvalue weighted by molar-refractivity contribution is -0.115. The highest BCUT2D eigenvalue weighted by atomic mass is 32.2. The van der Waals surface area contributed by atoms with Gasteiger partial charge >= 0.3 is 0 Å². The van der Waals surface area contributed by atoms with Crippen LogP contribution in [0.25, 0.3) is 0 Å². The van der Waals surface area contributed by atoms with Crippen molar-refractivity contribution in [3.8, 4) is 0 Å². The van der Waals surface area contributed by atoms with Crippen LogP contribution in [0, 0.1) is 6.42 Å². The van der Waals surface area contributed by atoms with Gasteiger partial charge in [0.2, 0.25) is 0 Å². The first kappa shape index (κ1) is 25.4. The molecule has 1 amide bonds. The van der Waals surface area contributed by atoms with Crippen molar-refractivity contribution in [1.29, 1.82) is 0 Å². The predicted molar refractivity (Wildman–Crippen MR) is 139 cm³/mol. The number of anilines is 1. The molecule has 2 unspecified atom stereocenters. The zero-order valence-electron chi connectivity index (χ0n) is 20.2. The molecule has 4 rings (SSSR count). The van der Waals surface area contributed by atoms with Crippen LogP contribution in [0.15, 0.2) is 83.3 Å². The normalized spacial score (nSPS) is 20.0. The number of amides is 1. The Kier molecular flexibility index (Phi) is 7.59. The number of aliphatic hydroxyl groups is 1. The molecule has 2 atom stereocenters. The van der Waals surface area contributed by atoms with Crippen molar-refractivity contribution in [2.45, 2.75) is 62.2 Å². The molecule has 2 aliphatic rings. The summed E-state index contributed by atoms with van der Waals surface area (Å²) < 4.78 is 24.0. The lowest BCUT2D eigenvalue weighted by atomic mass is 9.89. The summed E-state index contributed by atoms with van der Waals surface area (Å²) in [6.07, 6.45) is 10.9. The van der Waals surface area contributed by atoms with E-state index in [9.17, 15) is 18.3 Å². The quantitative estimate of drug-likeness (QED) is 0.516. The first-order valence-electron chi connectivity index (χ1n) is 12.1. The molecule has 2 aliphatic carbocycles. The lowest BCUT2D eigenvalue weighted by Crippen LogP contribution is -2.50. The van der Waals surface area contributed by atoms with E-state index in [-0.39, 0.29) is 28.6 Å². The smallest absolute Gasteiger partial charge is 0.258 e. The van der Waals surface area contributed by atoms with Crippen LogP contribution in [0.4, 0.5) is 5.69 Å². The topological polar surface area (TPSA) is 86.7 Å². The highest BCUT2D eigenvalue weighted by Crippen LogP contribution is 2.31. The van der Waals surface area contributed by atoms with E-state index in [1.807, 2.05) is 59.9 Å². The number of benzene rings is 2. The van der Waals surface area contributed by atoms with Crippen molar-refractivity contribution < 1.29 is 18.3 Å². The second-order valence-corrected chi connectivity index (χ2v) is 11.7. The summed E-state index contributed by atoms with van der Waals surface area (Å²) in [7, 11) is -3.25. The molecular formula is C28H33N2O4S. The average molecular weight is 494 g/mol. The van der Waals surface area contributed by atoms with Crippen LogP contribution in [-0.2, 0) is 21.1 Å². The molecule has 2 aromatic carbocycles. The zero-order chi connectivity index (χ0) is 25.1. The van der Waals surface area contributed by atoms with Gasteiger partial charge in [-0.1, -0.05) is 55.5 Å². The molecule has 0 aliphatic heterocycles. The zero-order valence-corrected chi connectivity index (χ0v) is 21.0. The molecule has 0 aromatic heterocycles. The number of carbonyl (C=O) groups excluding carboxylic acids is 1. The van der Waals surface area contributed by atoms with E-state index in [0.29, 0.717) is 12.0 Å². The lowest BCUT2D eigenvalue weighted by Gasteiger charge is -2.38. The number of nitrogens with one attached hydrogen (secondary N) is 1. The van der Waals surface area contributed by atoms with Gasteiger partial charge in [0.25, 0.3) is 5.91 Å². The number of rotatable bonds is 9. The molecule has 0 bridgehead atoms. The van der Waals surface area contributed by atoms with Gasteiger partial charge in [-0.25, -0.2) is 8.42 Å². The van der Waals surface area contributed by atoms with Crippen molar-refractivity contribution in [1.82, 2.24) is 5.32 Å². The second kappa shape index (κ2) is 10.5. The third kappa shape index (κ3) is 6.10. The third-order valence-corrected chi connectivity index (χ3v) is 8.35. The summed E-state index contributed by atoms with van der Waals surface area (Å²) in [5.74, 6) is 0.0396. The molecular weight excluding hydrogens is 460 g/mol. The number of sulfone groups is 1. The number of para-hydroxylation sites is 1. The van der Waals surface area contributed by atoms with Gasteiger partial charge in [-0.05, 0) is 56.0 Å². The Morgan fingerprint density at radius 1 is 1.11 bits per heavy atom.